The summed E-state index contributed by atoms with van der Waals surface area (Å²) in [4.78, 5) is 37.0. The number of hydrogen-bond donors (Lipinski definition) is 4. The van der Waals surface area contributed by atoms with Crippen LogP contribution in [0.2, 0.25) is 0 Å². The maximum Gasteiger partial charge on any atom is 0.269 e. The van der Waals surface area contributed by atoms with E-state index in [9.17, 15) is 14.4 Å². The van der Waals surface area contributed by atoms with Crippen molar-refractivity contribution in [2.24, 2.45) is 5.92 Å². The van der Waals surface area contributed by atoms with Crippen molar-refractivity contribution in [2.45, 2.75) is 51.9 Å². The van der Waals surface area contributed by atoms with Crippen molar-refractivity contribution < 1.29 is 14.4 Å². The molecule has 0 radical (unpaired) electrons. The molecule has 4 N–H and O–H groups in total. The van der Waals surface area contributed by atoms with E-state index >= 15 is 0 Å². The van der Waals surface area contributed by atoms with Gasteiger partial charge in [0.05, 0.1) is 0 Å². The normalized spacial score (nSPS) is 13.8. The molecule has 1 fully saturated rings. The zero-order valence-corrected chi connectivity index (χ0v) is 19.8. The summed E-state index contributed by atoms with van der Waals surface area (Å²) in [5, 5.41) is 5.44. The molecule has 1 aliphatic carbocycles. The lowest BCUT2D eigenvalue weighted by molar-refractivity contribution is -0.120. The quantitative estimate of drug-likeness (QED) is 0.389. The van der Waals surface area contributed by atoms with Gasteiger partial charge in [0.25, 0.3) is 11.8 Å². The van der Waals surface area contributed by atoms with Crippen LogP contribution >= 0.6 is 12.2 Å². The van der Waals surface area contributed by atoms with Crippen LogP contribution in [0.25, 0.3) is 0 Å². The second-order valence-corrected chi connectivity index (χ2v) is 8.95. The highest BCUT2D eigenvalue weighted by molar-refractivity contribution is 7.80. The summed E-state index contributed by atoms with van der Waals surface area (Å²) in [5.74, 6) is -0.306. The van der Waals surface area contributed by atoms with Crippen LogP contribution in [0.3, 0.4) is 0 Å². The Bertz CT molecular complexity index is 997. The van der Waals surface area contributed by atoms with Gasteiger partial charge in [-0.15, -0.1) is 0 Å². The molecule has 0 unspecified atom stereocenters. The Morgan fingerprint density at radius 1 is 0.818 bits per heavy atom. The number of hydrazine groups is 1. The highest BCUT2D eigenvalue weighted by atomic mass is 32.1. The van der Waals surface area contributed by atoms with E-state index in [0.717, 1.165) is 31.2 Å². The maximum absolute atomic E-state index is 12.4. The maximum atomic E-state index is 12.4. The van der Waals surface area contributed by atoms with Crippen LogP contribution in [0.1, 0.15) is 78.1 Å². The van der Waals surface area contributed by atoms with Crippen LogP contribution in [0.4, 0.5) is 5.69 Å². The van der Waals surface area contributed by atoms with Gasteiger partial charge in [-0.1, -0.05) is 45.2 Å². The lowest BCUT2D eigenvalue weighted by atomic mass is 9.88. The SMILES string of the molecule is CC(C)c1ccc(C(=O)NC(=S)NNC(=O)c2ccc(NC(=O)C3CCCCC3)cc2)cc1. The monoisotopic (exact) mass is 466 g/mol. The third kappa shape index (κ3) is 7.12. The fourth-order valence-electron chi connectivity index (χ4n) is 3.73. The van der Waals surface area contributed by atoms with Gasteiger partial charge in [0.1, 0.15) is 0 Å². The van der Waals surface area contributed by atoms with Crippen molar-refractivity contribution in [2.75, 3.05) is 5.32 Å². The van der Waals surface area contributed by atoms with Crippen LogP contribution in [0.5, 0.6) is 0 Å². The lowest BCUT2D eigenvalue weighted by Gasteiger charge is -2.20. The van der Waals surface area contributed by atoms with Crippen LogP contribution in [0, 0.1) is 5.92 Å². The summed E-state index contributed by atoms with van der Waals surface area (Å²) in [6.07, 6.45) is 5.24. The number of hydrogen-bond acceptors (Lipinski definition) is 4. The third-order valence-corrected chi connectivity index (χ3v) is 5.95. The Kier molecular flexibility index (Phi) is 8.54. The van der Waals surface area contributed by atoms with Crippen LogP contribution in [-0.4, -0.2) is 22.8 Å². The Hall–Kier alpha value is -3.26. The second kappa shape index (κ2) is 11.6. The molecule has 7 nitrogen and oxygen atoms in total. The van der Waals surface area contributed by atoms with Gasteiger partial charge >= 0.3 is 0 Å². The first kappa shape index (κ1) is 24.4. The molecule has 0 bridgehead atoms. The van der Waals surface area contributed by atoms with Gasteiger partial charge in [-0.3, -0.25) is 30.6 Å². The molecule has 0 aliphatic heterocycles. The van der Waals surface area contributed by atoms with Gasteiger partial charge < -0.3 is 5.32 Å². The fraction of sp³-hybridized carbons (Fsp3) is 0.360. The van der Waals surface area contributed by atoms with Crippen LogP contribution in [0.15, 0.2) is 48.5 Å². The van der Waals surface area contributed by atoms with E-state index in [1.807, 2.05) is 12.1 Å². The van der Waals surface area contributed by atoms with Crippen molar-refractivity contribution in [1.29, 1.82) is 0 Å². The number of nitrogens with one attached hydrogen (secondary N) is 4. The van der Waals surface area contributed by atoms with Gasteiger partial charge in [0, 0.05) is 22.7 Å². The van der Waals surface area contributed by atoms with E-state index in [0.29, 0.717) is 22.7 Å². The zero-order chi connectivity index (χ0) is 23.8. The summed E-state index contributed by atoms with van der Waals surface area (Å²) < 4.78 is 0. The largest absolute Gasteiger partial charge is 0.326 e. The molecule has 3 amide bonds. The van der Waals surface area contributed by atoms with Crippen LogP contribution < -0.4 is 21.5 Å². The number of carbonyl (C=O) groups excluding carboxylic acids is 3. The van der Waals surface area contributed by atoms with Crippen LogP contribution in [-0.2, 0) is 4.79 Å². The minimum Gasteiger partial charge on any atom is -0.326 e. The molecule has 0 atom stereocenters. The van der Waals surface area contributed by atoms with Crippen molar-refractivity contribution in [3.8, 4) is 0 Å². The average Bonchev–Trinajstić information content (AvgIpc) is 2.83. The van der Waals surface area contributed by atoms with Crippen molar-refractivity contribution >= 4 is 40.7 Å². The number of amides is 3. The van der Waals surface area contributed by atoms with E-state index in [1.165, 1.54) is 6.42 Å². The molecule has 1 aliphatic rings. The molecule has 33 heavy (non-hydrogen) atoms. The van der Waals surface area contributed by atoms with Gasteiger partial charge in [-0.05, 0) is 72.9 Å². The molecule has 2 aromatic rings. The third-order valence-electron chi connectivity index (χ3n) is 5.75. The molecule has 0 heterocycles. The van der Waals surface area contributed by atoms with Gasteiger partial charge in [-0.2, -0.15) is 0 Å². The lowest BCUT2D eigenvalue weighted by Crippen LogP contribution is -2.48. The number of thiocarbonyl (C=S) groups is 1. The van der Waals surface area contributed by atoms with Gasteiger partial charge in [0.15, 0.2) is 5.11 Å². The number of benzene rings is 2. The smallest absolute Gasteiger partial charge is 0.269 e. The summed E-state index contributed by atoms with van der Waals surface area (Å²) in [5.41, 5.74) is 7.64. The van der Waals surface area contributed by atoms with Crippen molar-refractivity contribution in [3.63, 3.8) is 0 Å². The zero-order valence-electron chi connectivity index (χ0n) is 18.9. The Morgan fingerprint density at radius 3 is 2.00 bits per heavy atom. The van der Waals surface area contributed by atoms with E-state index in [4.69, 9.17) is 12.2 Å². The summed E-state index contributed by atoms with van der Waals surface area (Å²) in [7, 11) is 0. The molecule has 8 heteroatoms. The summed E-state index contributed by atoms with van der Waals surface area (Å²) >= 11 is 5.09. The first-order chi connectivity index (χ1) is 15.8. The molecule has 0 aromatic heterocycles. The number of rotatable bonds is 5. The average molecular weight is 467 g/mol. The summed E-state index contributed by atoms with van der Waals surface area (Å²) in [6.45, 7) is 4.16. The molecule has 0 saturated heterocycles. The molecule has 174 valence electrons. The highest BCUT2D eigenvalue weighted by Crippen LogP contribution is 2.25. The topological polar surface area (TPSA) is 99.3 Å². The predicted molar refractivity (Wildman–Crippen MR) is 133 cm³/mol. The minimum absolute atomic E-state index is 0.0161. The van der Waals surface area contributed by atoms with E-state index in [-0.39, 0.29) is 22.8 Å². The van der Waals surface area contributed by atoms with E-state index in [1.54, 1.807) is 36.4 Å². The summed E-state index contributed by atoms with van der Waals surface area (Å²) in [6, 6.07) is 13.9. The van der Waals surface area contributed by atoms with Gasteiger partial charge in [-0.25, -0.2) is 0 Å². The number of carbonyl (C=O) groups is 3. The molecule has 0 spiro atoms. The molecule has 3 rings (SSSR count). The first-order valence-corrected chi connectivity index (χ1v) is 11.7. The van der Waals surface area contributed by atoms with E-state index in [2.05, 4.69) is 35.3 Å². The molecule has 1 saturated carbocycles. The number of anilines is 1. The Labute approximate surface area is 199 Å². The van der Waals surface area contributed by atoms with Crippen molar-refractivity contribution in [3.05, 3.63) is 65.2 Å². The first-order valence-electron chi connectivity index (χ1n) is 11.3. The standard InChI is InChI=1S/C25H30N4O3S/c1-16(2)17-8-10-19(11-9-17)23(31)27-25(33)29-28-24(32)20-12-14-21(15-13-20)26-22(30)18-6-4-3-5-7-18/h8-16,18H,3-7H2,1-2H3,(H,26,30)(H,28,32)(H2,27,29,31,33). The Morgan fingerprint density at radius 2 is 1.39 bits per heavy atom. The molecular weight excluding hydrogens is 436 g/mol. The van der Waals surface area contributed by atoms with E-state index < -0.39 is 5.91 Å². The second-order valence-electron chi connectivity index (χ2n) is 8.54. The molecule has 2 aromatic carbocycles. The fourth-order valence-corrected chi connectivity index (χ4v) is 3.87. The highest BCUT2D eigenvalue weighted by Gasteiger charge is 2.21. The van der Waals surface area contributed by atoms with Crippen molar-refractivity contribution in [1.82, 2.24) is 16.2 Å². The predicted octanol–water partition coefficient (Wildman–Crippen LogP) is 4.28. The van der Waals surface area contributed by atoms with Gasteiger partial charge in [0.2, 0.25) is 5.91 Å². The molecular formula is C25H30N4O3S. The minimum atomic E-state index is -0.418. The Balaban J connectivity index is 1.45.